The second-order valence-corrected chi connectivity index (χ2v) is 8.02. The Bertz CT molecular complexity index is 1190. The second-order valence-electron chi connectivity index (χ2n) is 7.21. The fraction of sp³-hybridized carbons (Fsp3) is 0.421. The number of aryl methyl sites for hydroxylation is 2. The van der Waals surface area contributed by atoms with Gasteiger partial charge in [0.15, 0.2) is 11.2 Å². The van der Waals surface area contributed by atoms with Crippen LogP contribution >= 0.6 is 23.2 Å². The molecule has 0 radical (unpaired) electrons. The fourth-order valence-electron chi connectivity index (χ4n) is 3.57. The zero-order chi connectivity index (χ0) is 20.7. The van der Waals surface area contributed by atoms with E-state index in [1.165, 1.54) is 9.13 Å². The largest absolute Gasteiger partial charge is 0.379 e. The highest BCUT2D eigenvalue weighted by molar-refractivity contribution is 6.42. The number of rotatable bonds is 4. The molecule has 3 aromatic rings. The molecular weight excluding hydrogens is 417 g/mol. The predicted octanol–water partition coefficient (Wildman–Crippen LogP) is 2.38. The van der Waals surface area contributed by atoms with Crippen LogP contribution in [0.5, 0.6) is 0 Å². The molecule has 0 saturated carbocycles. The van der Waals surface area contributed by atoms with E-state index >= 15 is 0 Å². The average Bonchev–Trinajstić information content (AvgIpc) is 3.03. The summed E-state index contributed by atoms with van der Waals surface area (Å²) in [6.07, 6.45) is 1.93. The number of imidazole rings is 1. The van der Waals surface area contributed by atoms with Crippen molar-refractivity contribution < 1.29 is 4.74 Å². The van der Waals surface area contributed by atoms with Crippen molar-refractivity contribution in [3.05, 3.63) is 54.6 Å². The summed E-state index contributed by atoms with van der Waals surface area (Å²) in [5, 5.41) is 4.12. The van der Waals surface area contributed by atoms with Crippen molar-refractivity contribution in [2.45, 2.75) is 25.4 Å². The molecule has 1 atom stereocenters. The number of aromatic nitrogens is 4. The van der Waals surface area contributed by atoms with Crippen LogP contribution in [0.4, 0.5) is 5.95 Å². The molecule has 0 aliphatic carbocycles. The van der Waals surface area contributed by atoms with Crippen LogP contribution < -0.4 is 16.6 Å². The van der Waals surface area contributed by atoms with E-state index in [1.807, 2.05) is 0 Å². The molecule has 1 aliphatic heterocycles. The standard InChI is InChI=1S/C19H21Cl2N5O3/c1-24-15-16(23-18(24)22-12-4-3-7-29-10-12)25(2)19(28)26(17(15)27)9-11-5-6-13(20)14(21)8-11/h5-6,8,12H,3-4,7,9-10H2,1-2H3,(H,22,23). The van der Waals surface area contributed by atoms with E-state index in [1.54, 1.807) is 36.9 Å². The SMILES string of the molecule is Cn1c(NC2CCCOC2)nc2c1c(=O)n(Cc1ccc(Cl)c(Cl)c1)c(=O)n2C. The van der Waals surface area contributed by atoms with E-state index in [4.69, 9.17) is 27.9 Å². The predicted molar refractivity (Wildman–Crippen MR) is 113 cm³/mol. The quantitative estimate of drug-likeness (QED) is 0.677. The Balaban J connectivity index is 1.78. The summed E-state index contributed by atoms with van der Waals surface area (Å²) in [4.78, 5) is 30.5. The summed E-state index contributed by atoms with van der Waals surface area (Å²) in [5.41, 5.74) is 0.549. The third kappa shape index (κ3) is 3.68. The Labute approximate surface area is 176 Å². The van der Waals surface area contributed by atoms with Gasteiger partial charge >= 0.3 is 5.69 Å². The lowest BCUT2D eigenvalue weighted by atomic mass is 10.1. The van der Waals surface area contributed by atoms with Crippen LogP contribution in [-0.4, -0.2) is 37.9 Å². The first-order valence-corrected chi connectivity index (χ1v) is 10.1. The number of nitrogens with zero attached hydrogens (tertiary/aromatic N) is 4. The molecule has 2 aromatic heterocycles. The molecule has 154 valence electrons. The highest BCUT2D eigenvalue weighted by atomic mass is 35.5. The summed E-state index contributed by atoms with van der Waals surface area (Å²) < 4.78 is 9.75. The van der Waals surface area contributed by atoms with Crippen LogP contribution in [0.3, 0.4) is 0 Å². The minimum Gasteiger partial charge on any atom is -0.379 e. The molecule has 4 rings (SSSR count). The van der Waals surface area contributed by atoms with Gasteiger partial charge in [-0.1, -0.05) is 29.3 Å². The molecule has 1 saturated heterocycles. The Kier molecular flexibility index (Phi) is 5.42. The summed E-state index contributed by atoms with van der Waals surface area (Å²) in [5.74, 6) is 0.537. The highest BCUT2D eigenvalue weighted by Gasteiger charge is 2.21. The maximum absolute atomic E-state index is 13.2. The third-order valence-corrected chi connectivity index (χ3v) is 5.92. The Hall–Kier alpha value is -2.29. The molecule has 29 heavy (non-hydrogen) atoms. The van der Waals surface area contributed by atoms with Crippen molar-refractivity contribution in [1.29, 1.82) is 0 Å². The molecule has 1 N–H and O–H groups in total. The summed E-state index contributed by atoms with van der Waals surface area (Å²) in [7, 11) is 3.37. The minimum atomic E-state index is -0.445. The summed E-state index contributed by atoms with van der Waals surface area (Å²) >= 11 is 12.0. The zero-order valence-electron chi connectivity index (χ0n) is 16.1. The molecule has 3 heterocycles. The Morgan fingerprint density at radius 1 is 1.21 bits per heavy atom. The van der Waals surface area contributed by atoms with Crippen molar-refractivity contribution in [3.8, 4) is 0 Å². The van der Waals surface area contributed by atoms with Gasteiger partial charge in [-0.05, 0) is 30.5 Å². The van der Waals surface area contributed by atoms with Crippen LogP contribution in [0.2, 0.25) is 10.0 Å². The fourth-order valence-corrected chi connectivity index (χ4v) is 3.89. The van der Waals surface area contributed by atoms with Gasteiger partial charge in [0.2, 0.25) is 5.95 Å². The first kappa shape index (κ1) is 20.0. The topological polar surface area (TPSA) is 83.1 Å². The van der Waals surface area contributed by atoms with E-state index in [0.29, 0.717) is 39.3 Å². The van der Waals surface area contributed by atoms with E-state index in [2.05, 4.69) is 10.3 Å². The maximum Gasteiger partial charge on any atom is 0.332 e. The van der Waals surface area contributed by atoms with Crippen LogP contribution in [-0.2, 0) is 25.4 Å². The zero-order valence-corrected chi connectivity index (χ0v) is 17.6. The number of hydrogen-bond acceptors (Lipinski definition) is 5. The third-order valence-electron chi connectivity index (χ3n) is 5.18. The lowest BCUT2D eigenvalue weighted by Gasteiger charge is -2.23. The van der Waals surface area contributed by atoms with Crippen LogP contribution in [0.25, 0.3) is 11.2 Å². The number of halogens is 2. The molecule has 10 heteroatoms. The maximum atomic E-state index is 13.2. The van der Waals surface area contributed by atoms with E-state index in [9.17, 15) is 9.59 Å². The van der Waals surface area contributed by atoms with Gasteiger partial charge in [-0.3, -0.25) is 13.9 Å². The van der Waals surface area contributed by atoms with Crippen LogP contribution in [0.15, 0.2) is 27.8 Å². The average molecular weight is 438 g/mol. The summed E-state index contributed by atoms with van der Waals surface area (Å²) in [6, 6.07) is 5.16. The number of nitrogens with one attached hydrogen (secondary N) is 1. The number of anilines is 1. The first-order chi connectivity index (χ1) is 13.9. The molecule has 1 unspecified atom stereocenters. The summed E-state index contributed by atoms with van der Waals surface area (Å²) in [6.45, 7) is 1.43. The molecule has 1 fully saturated rings. The van der Waals surface area contributed by atoms with Gasteiger partial charge in [-0.2, -0.15) is 4.98 Å². The minimum absolute atomic E-state index is 0.0861. The number of ether oxygens (including phenoxy) is 1. The number of fused-ring (bicyclic) bond motifs is 1. The van der Waals surface area contributed by atoms with Crippen molar-refractivity contribution in [1.82, 2.24) is 18.7 Å². The molecule has 0 spiro atoms. The van der Waals surface area contributed by atoms with Crippen molar-refractivity contribution in [2.24, 2.45) is 14.1 Å². The lowest BCUT2D eigenvalue weighted by molar-refractivity contribution is 0.0873. The first-order valence-electron chi connectivity index (χ1n) is 9.31. The van der Waals surface area contributed by atoms with Gasteiger partial charge in [-0.15, -0.1) is 0 Å². The number of benzene rings is 1. The molecule has 0 amide bonds. The second kappa shape index (κ2) is 7.85. The van der Waals surface area contributed by atoms with Gasteiger partial charge in [0.25, 0.3) is 5.56 Å². The highest BCUT2D eigenvalue weighted by Crippen LogP contribution is 2.23. The van der Waals surface area contributed by atoms with Crippen LogP contribution in [0, 0.1) is 0 Å². The lowest BCUT2D eigenvalue weighted by Crippen LogP contribution is -2.39. The smallest absolute Gasteiger partial charge is 0.332 e. The molecule has 8 nitrogen and oxygen atoms in total. The van der Waals surface area contributed by atoms with Gasteiger partial charge in [0, 0.05) is 20.7 Å². The van der Waals surface area contributed by atoms with Gasteiger partial charge in [0.1, 0.15) is 0 Å². The van der Waals surface area contributed by atoms with Crippen molar-refractivity contribution >= 4 is 40.3 Å². The molecule has 1 aromatic carbocycles. The van der Waals surface area contributed by atoms with E-state index in [0.717, 1.165) is 19.4 Å². The number of hydrogen-bond donors (Lipinski definition) is 1. The van der Waals surface area contributed by atoms with Gasteiger partial charge < -0.3 is 14.6 Å². The normalized spacial score (nSPS) is 17.0. The monoisotopic (exact) mass is 437 g/mol. The van der Waals surface area contributed by atoms with Crippen molar-refractivity contribution in [3.63, 3.8) is 0 Å². The van der Waals surface area contributed by atoms with E-state index in [-0.39, 0.29) is 12.6 Å². The Morgan fingerprint density at radius 2 is 2.00 bits per heavy atom. The van der Waals surface area contributed by atoms with Gasteiger partial charge in [0.05, 0.1) is 29.2 Å². The molecule has 0 bridgehead atoms. The Morgan fingerprint density at radius 3 is 2.69 bits per heavy atom. The molecular formula is C19H21Cl2N5O3. The van der Waals surface area contributed by atoms with Crippen molar-refractivity contribution in [2.75, 3.05) is 18.5 Å². The molecule has 1 aliphatic rings. The van der Waals surface area contributed by atoms with Gasteiger partial charge in [-0.25, -0.2) is 4.79 Å². The van der Waals surface area contributed by atoms with E-state index < -0.39 is 11.2 Å². The van der Waals surface area contributed by atoms with Crippen LogP contribution in [0.1, 0.15) is 18.4 Å².